The van der Waals surface area contributed by atoms with Gasteiger partial charge in [-0.25, -0.2) is 23.9 Å². The fourth-order valence-electron chi connectivity index (χ4n) is 8.34. The first-order valence-corrected chi connectivity index (χ1v) is 25.4. The summed E-state index contributed by atoms with van der Waals surface area (Å²) in [5.74, 6) is -0.716. The number of unbranched alkanes of at least 4 members (excludes halogenated alkanes) is 4. The first-order chi connectivity index (χ1) is 35.7. The Labute approximate surface area is 431 Å². The van der Waals surface area contributed by atoms with Crippen molar-refractivity contribution in [2.45, 2.75) is 136 Å². The summed E-state index contributed by atoms with van der Waals surface area (Å²) in [6.07, 6.45) is -9.54. The quantitative estimate of drug-likeness (QED) is 0.0107. The third kappa shape index (κ3) is 16.8. The number of rotatable bonds is 30. The lowest BCUT2D eigenvalue weighted by molar-refractivity contribution is -0.515. The van der Waals surface area contributed by atoms with E-state index in [1.807, 2.05) is 38.1 Å². The number of fused-ring (bicyclic) bond motifs is 2. The van der Waals surface area contributed by atoms with Gasteiger partial charge in [-0.3, -0.25) is 0 Å². The normalized spacial score (nSPS) is 12.2. The van der Waals surface area contributed by atoms with Gasteiger partial charge in [0.2, 0.25) is 0 Å². The molecular weight excluding hydrogens is 987 g/mol. The van der Waals surface area contributed by atoms with Crippen LogP contribution in [0.4, 0.5) is 26.3 Å². The number of esters is 1. The summed E-state index contributed by atoms with van der Waals surface area (Å²) in [6, 6.07) is 25.1. The second-order valence-electron chi connectivity index (χ2n) is 18.4. The lowest BCUT2D eigenvalue weighted by atomic mass is 9.94. The van der Waals surface area contributed by atoms with Crippen molar-refractivity contribution in [3.8, 4) is 33.8 Å². The largest absolute Gasteiger partial charge is 0.494 e. The van der Waals surface area contributed by atoms with Crippen molar-refractivity contribution in [1.82, 2.24) is 0 Å². The summed E-state index contributed by atoms with van der Waals surface area (Å²) < 4.78 is 127. The highest BCUT2D eigenvalue weighted by Gasteiger charge is 2.52. The minimum absolute atomic E-state index is 0.147. The predicted molar refractivity (Wildman–Crippen MR) is 274 cm³/mol. The molecule has 17 heteroatoms. The van der Waals surface area contributed by atoms with Gasteiger partial charge in [0, 0.05) is 28.5 Å². The molecule has 0 saturated carbocycles. The second kappa shape index (κ2) is 26.4. The van der Waals surface area contributed by atoms with E-state index >= 15 is 0 Å². The van der Waals surface area contributed by atoms with Crippen LogP contribution in [0.5, 0.6) is 11.5 Å². The first kappa shape index (κ1) is 57.8. The number of alkyl halides is 6. The minimum atomic E-state index is -5.50. The van der Waals surface area contributed by atoms with E-state index < -0.39 is 81.1 Å². The minimum Gasteiger partial charge on any atom is -0.491 e. The zero-order valence-electron chi connectivity index (χ0n) is 42.9. The van der Waals surface area contributed by atoms with Crippen molar-refractivity contribution in [2.24, 2.45) is 0 Å². The highest BCUT2D eigenvalue weighted by Crippen LogP contribution is 2.37. The SMILES string of the molecule is C=C(C)C(=O)OCCC(F)(F)OC(F)(F)OC(F)(F)CCOC(COc1ccc2cc(-c3ccc(CCCCC)cc3CC)c(=O)oc2c1)COc1ccc2cc(-c3ccc(CCCCC)cc3CC)c(=O)oc2c1. The molecule has 0 saturated heterocycles. The molecule has 2 heterocycles. The maximum absolute atomic E-state index is 14.8. The van der Waals surface area contributed by atoms with Gasteiger partial charge in [0.1, 0.15) is 42.0 Å². The molecule has 6 aromatic rings. The molecular formula is C58H64F6O11. The van der Waals surface area contributed by atoms with E-state index in [1.165, 1.54) is 30.2 Å². The van der Waals surface area contributed by atoms with Crippen LogP contribution < -0.4 is 20.7 Å². The van der Waals surface area contributed by atoms with E-state index in [9.17, 15) is 40.7 Å². The van der Waals surface area contributed by atoms with Gasteiger partial charge in [-0.2, -0.15) is 17.6 Å². The van der Waals surface area contributed by atoms with Gasteiger partial charge in [-0.05, 0) is 115 Å². The average Bonchev–Trinajstić information content (AvgIpc) is 3.35. The monoisotopic (exact) mass is 1050 g/mol. The molecule has 75 heavy (non-hydrogen) atoms. The van der Waals surface area contributed by atoms with Crippen molar-refractivity contribution < 1.29 is 68.4 Å². The Kier molecular flexibility index (Phi) is 20.3. The molecule has 0 N–H and O–H groups in total. The smallest absolute Gasteiger partial charge is 0.491 e. The Morgan fingerprint density at radius 2 is 1.04 bits per heavy atom. The van der Waals surface area contributed by atoms with Gasteiger partial charge in [-0.15, -0.1) is 8.78 Å². The molecule has 0 atom stereocenters. The highest BCUT2D eigenvalue weighted by atomic mass is 19.3. The fraction of sp³-hybridized carbons (Fsp3) is 0.431. The van der Waals surface area contributed by atoms with E-state index in [4.69, 9.17) is 23.0 Å². The van der Waals surface area contributed by atoms with Crippen molar-refractivity contribution in [3.63, 3.8) is 0 Å². The summed E-state index contributed by atoms with van der Waals surface area (Å²) in [5, 5.41) is 1.18. The molecule has 0 aliphatic carbocycles. The van der Waals surface area contributed by atoms with Gasteiger partial charge in [0.05, 0.1) is 37.2 Å². The van der Waals surface area contributed by atoms with E-state index in [1.54, 1.807) is 36.4 Å². The van der Waals surface area contributed by atoms with E-state index in [0.717, 1.165) is 73.6 Å². The topological polar surface area (TPSA) is 133 Å². The molecule has 0 unspecified atom stereocenters. The molecule has 404 valence electrons. The molecule has 0 fully saturated rings. The number of carbonyl (C=O) groups is 1. The van der Waals surface area contributed by atoms with E-state index in [2.05, 4.69) is 46.8 Å². The number of ether oxygens (including phenoxy) is 6. The van der Waals surface area contributed by atoms with Crippen LogP contribution in [0.2, 0.25) is 0 Å². The molecule has 11 nitrogen and oxygen atoms in total. The van der Waals surface area contributed by atoms with Crippen LogP contribution in [0.3, 0.4) is 0 Å². The van der Waals surface area contributed by atoms with Gasteiger partial charge in [0.25, 0.3) is 0 Å². The Balaban J connectivity index is 1.17. The van der Waals surface area contributed by atoms with Crippen LogP contribution in [-0.4, -0.2) is 57.0 Å². The molecule has 0 amide bonds. The first-order valence-electron chi connectivity index (χ1n) is 25.4. The molecule has 4 aromatic carbocycles. The Hall–Kier alpha value is -6.43. The Bertz CT molecular complexity index is 2860. The average molecular weight is 1050 g/mol. The van der Waals surface area contributed by atoms with E-state index in [0.29, 0.717) is 34.7 Å². The third-order valence-corrected chi connectivity index (χ3v) is 12.4. The number of aryl methyl sites for hydroxylation is 4. The van der Waals surface area contributed by atoms with Crippen molar-refractivity contribution in [2.75, 3.05) is 26.4 Å². The van der Waals surface area contributed by atoms with E-state index in [-0.39, 0.29) is 28.2 Å². The standard InChI is InChI=1S/C58H64F6O11/c1-7-11-13-15-38-17-23-47(40(9-3)29-38)49-31-42-19-21-44(33-51(42)72-54(49)66)70-35-46(68-27-25-56(59,60)74-58(63,64)75-57(61,62)26-28-69-53(65)37(5)6)36-71-45-22-20-43-32-50(55(67)73-52(43)34-45)48-24-18-39(16-14-12-8-2)30-41(48)10-4/h17-24,29-34,46H,5,7-16,25-28,35-36H2,1-4,6H3. The maximum Gasteiger partial charge on any atom is 0.494 e. The van der Waals surface area contributed by atoms with Crippen LogP contribution in [0.15, 0.2) is 116 Å². The van der Waals surface area contributed by atoms with Crippen LogP contribution in [0, 0.1) is 0 Å². The molecule has 6 rings (SSSR count). The summed E-state index contributed by atoms with van der Waals surface area (Å²) in [6.45, 7) is 9.96. The summed E-state index contributed by atoms with van der Waals surface area (Å²) in [7, 11) is 0. The zero-order valence-corrected chi connectivity index (χ0v) is 42.9. The zero-order chi connectivity index (χ0) is 54.3. The summed E-state index contributed by atoms with van der Waals surface area (Å²) >= 11 is 0. The van der Waals surface area contributed by atoms with Gasteiger partial charge in [-0.1, -0.05) is 96.4 Å². The predicted octanol–water partition coefficient (Wildman–Crippen LogP) is 14.3. The molecule has 0 aliphatic heterocycles. The Morgan fingerprint density at radius 1 is 0.587 bits per heavy atom. The molecule has 0 bridgehead atoms. The number of hydrogen-bond acceptors (Lipinski definition) is 11. The lowest BCUT2D eigenvalue weighted by Gasteiger charge is -2.27. The fourth-order valence-corrected chi connectivity index (χ4v) is 8.34. The number of hydrogen-bond donors (Lipinski definition) is 0. The number of halogens is 6. The number of carbonyl (C=O) groups excluding carboxylic acids is 1. The molecule has 0 spiro atoms. The summed E-state index contributed by atoms with van der Waals surface area (Å²) in [4.78, 5) is 38.3. The van der Waals surface area contributed by atoms with Gasteiger partial charge >= 0.3 is 35.7 Å². The second-order valence-corrected chi connectivity index (χ2v) is 18.4. The Morgan fingerprint density at radius 3 is 1.47 bits per heavy atom. The van der Waals surface area contributed by atoms with Crippen molar-refractivity contribution >= 4 is 27.9 Å². The number of benzene rings is 4. The molecule has 0 aliphatic rings. The van der Waals surface area contributed by atoms with Crippen LogP contribution >= 0.6 is 0 Å². The van der Waals surface area contributed by atoms with Crippen molar-refractivity contribution in [3.05, 3.63) is 140 Å². The lowest BCUT2D eigenvalue weighted by Crippen LogP contribution is -2.41. The van der Waals surface area contributed by atoms with Crippen LogP contribution in [-0.2, 0) is 49.4 Å². The third-order valence-electron chi connectivity index (χ3n) is 12.4. The van der Waals surface area contributed by atoms with Gasteiger partial charge in [0.15, 0.2) is 0 Å². The highest BCUT2D eigenvalue weighted by molar-refractivity contribution is 5.87. The van der Waals surface area contributed by atoms with Crippen molar-refractivity contribution in [1.29, 1.82) is 0 Å². The summed E-state index contributed by atoms with van der Waals surface area (Å²) in [5.41, 5.74) is 5.79. The molecule has 2 aromatic heterocycles. The van der Waals surface area contributed by atoms with Gasteiger partial charge < -0.3 is 27.8 Å². The van der Waals surface area contributed by atoms with Crippen LogP contribution in [0.1, 0.15) is 108 Å². The van der Waals surface area contributed by atoms with Crippen LogP contribution in [0.25, 0.3) is 44.2 Å². The maximum atomic E-state index is 14.8. The molecule has 0 radical (unpaired) electrons.